The molecule has 0 aliphatic heterocycles. The molecule has 2 heterocycles. The molecule has 0 spiro atoms. The quantitative estimate of drug-likeness (QED) is 0.520. The van der Waals surface area contributed by atoms with Crippen molar-refractivity contribution in [3.63, 3.8) is 0 Å². The van der Waals surface area contributed by atoms with Crippen molar-refractivity contribution in [1.82, 2.24) is 15.4 Å². The van der Waals surface area contributed by atoms with Crippen LogP contribution in [-0.2, 0) is 0 Å². The molecule has 0 saturated carbocycles. The average Bonchev–Trinajstić information content (AvgIpc) is 3.06. The van der Waals surface area contributed by atoms with Gasteiger partial charge in [0.2, 0.25) is 11.6 Å². The first-order chi connectivity index (χ1) is 11.0. The van der Waals surface area contributed by atoms with Gasteiger partial charge in [0.05, 0.1) is 11.2 Å². The van der Waals surface area contributed by atoms with E-state index in [1.807, 2.05) is 13.8 Å². The number of rotatable bonds is 7. The molecule has 10 heteroatoms. The first-order valence-corrected chi connectivity index (χ1v) is 6.88. The van der Waals surface area contributed by atoms with Gasteiger partial charge in [-0.2, -0.15) is 0 Å². The standard InChI is InChI=1S/C13H16N6O4/c1-3-8(2)16-11-10(19(21)22)12(15-7-14-11)17-18-13(20)9-5-4-6-23-9/h4-8H,3H2,1-2H3,(H,18,20)(H2,14,15,16,17). The molecule has 2 rings (SSSR count). The topological polar surface area (TPSA) is 135 Å². The fourth-order valence-corrected chi connectivity index (χ4v) is 1.67. The van der Waals surface area contributed by atoms with E-state index in [9.17, 15) is 14.9 Å². The van der Waals surface area contributed by atoms with Gasteiger partial charge in [-0.1, -0.05) is 6.92 Å². The van der Waals surface area contributed by atoms with Gasteiger partial charge in [0.15, 0.2) is 5.76 Å². The molecule has 0 aromatic carbocycles. The molecule has 122 valence electrons. The second kappa shape index (κ2) is 7.20. The molecule has 1 unspecified atom stereocenters. The molecule has 2 aromatic heterocycles. The lowest BCUT2D eigenvalue weighted by atomic mass is 10.2. The summed E-state index contributed by atoms with van der Waals surface area (Å²) in [6, 6.07) is 3.01. The first-order valence-electron chi connectivity index (χ1n) is 6.88. The summed E-state index contributed by atoms with van der Waals surface area (Å²) in [5.74, 6) is -0.573. The Labute approximate surface area is 131 Å². The third-order valence-electron chi connectivity index (χ3n) is 3.04. The SMILES string of the molecule is CCC(C)Nc1ncnc(NNC(=O)c2ccco2)c1[N+](=O)[O-]. The number of anilines is 2. The lowest BCUT2D eigenvalue weighted by Gasteiger charge is -2.13. The maximum Gasteiger partial charge on any atom is 0.354 e. The summed E-state index contributed by atoms with van der Waals surface area (Å²) in [5.41, 5.74) is 4.35. The van der Waals surface area contributed by atoms with Crippen molar-refractivity contribution in [3.05, 3.63) is 40.6 Å². The molecule has 1 amide bonds. The fourth-order valence-electron chi connectivity index (χ4n) is 1.67. The predicted octanol–water partition coefficient (Wildman–Crippen LogP) is 1.95. The molecular formula is C13H16N6O4. The van der Waals surface area contributed by atoms with Gasteiger partial charge in [-0.25, -0.2) is 9.97 Å². The normalized spacial score (nSPS) is 11.6. The van der Waals surface area contributed by atoms with Crippen LogP contribution in [0.3, 0.4) is 0 Å². The Bertz CT molecular complexity index is 688. The highest BCUT2D eigenvalue weighted by Gasteiger charge is 2.24. The summed E-state index contributed by atoms with van der Waals surface area (Å²) in [6.45, 7) is 3.81. The van der Waals surface area contributed by atoms with Gasteiger partial charge in [-0.05, 0) is 25.5 Å². The Morgan fingerprint density at radius 1 is 1.43 bits per heavy atom. The minimum Gasteiger partial charge on any atom is -0.459 e. The van der Waals surface area contributed by atoms with Gasteiger partial charge in [0.25, 0.3) is 0 Å². The molecular weight excluding hydrogens is 304 g/mol. The molecule has 0 radical (unpaired) electrons. The number of hydrogen-bond donors (Lipinski definition) is 3. The lowest BCUT2D eigenvalue weighted by Crippen LogP contribution is -2.30. The van der Waals surface area contributed by atoms with Crippen LogP contribution in [-0.4, -0.2) is 26.8 Å². The zero-order chi connectivity index (χ0) is 16.8. The molecule has 0 fully saturated rings. The van der Waals surface area contributed by atoms with E-state index in [0.717, 1.165) is 6.42 Å². The highest BCUT2D eigenvalue weighted by Crippen LogP contribution is 2.29. The predicted molar refractivity (Wildman–Crippen MR) is 81.9 cm³/mol. The lowest BCUT2D eigenvalue weighted by molar-refractivity contribution is -0.383. The second-order valence-electron chi connectivity index (χ2n) is 4.69. The smallest absolute Gasteiger partial charge is 0.354 e. The Hall–Kier alpha value is -3.17. The van der Waals surface area contributed by atoms with Crippen LogP contribution in [0.5, 0.6) is 0 Å². The number of aromatic nitrogens is 2. The molecule has 0 saturated heterocycles. The van der Waals surface area contributed by atoms with E-state index in [4.69, 9.17) is 4.42 Å². The number of nitrogens with zero attached hydrogens (tertiary/aromatic N) is 3. The summed E-state index contributed by atoms with van der Waals surface area (Å²) in [5, 5.41) is 14.2. The van der Waals surface area contributed by atoms with Crippen molar-refractivity contribution in [2.24, 2.45) is 0 Å². The van der Waals surface area contributed by atoms with Gasteiger partial charge in [-0.15, -0.1) is 0 Å². The van der Waals surface area contributed by atoms with Crippen LogP contribution < -0.4 is 16.2 Å². The van der Waals surface area contributed by atoms with Crippen molar-refractivity contribution in [2.75, 3.05) is 10.7 Å². The van der Waals surface area contributed by atoms with Gasteiger partial charge in [-0.3, -0.25) is 25.8 Å². The summed E-state index contributed by atoms with van der Waals surface area (Å²) in [4.78, 5) is 30.1. The van der Waals surface area contributed by atoms with E-state index < -0.39 is 10.8 Å². The van der Waals surface area contributed by atoms with Gasteiger partial charge in [0.1, 0.15) is 6.33 Å². The molecule has 3 N–H and O–H groups in total. The van der Waals surface area contributed by atoms with Crippen LogP contribution in [0.15, 0.2) is 29.1 Å². The molecule has 0 aliphatic carbocycles. The summed E-state index contributed by atoms with van der Waals surface area (Å²) < 4.78 is 4.92. The maximum atomic E-state index is 11.8. The van der Waals surface area contributed by atoms with E-state index in [1.54, 1.807) is 6.07 Å². The average molecular weight is 320 g/mol. The first kappa shape index (κ1) is 16.2. The Balaban J connectivity index is 2.19. The molecule has 2 aromatic rings. The molecule has 1 atom stereocenters. The number of nitro groups is 1. The number of carbonyl (C=O) groups excluding carboxylic acids is 1. The van der Waals surface area contributed by atoms with E-state index in [1.165, 1.54) is 18.7 Å². The molecule has 10 nitrogen and oxygen atoms in total. The minimum atomic E-state index is -0.619. The third-order valence-corrected chi connectivity index (χ3v) is 3.04. The van der Waals surface area contributed by atoms with Gasteiger partial charge in [0, 0.05) is 6.04 Å². The Kier molecular flexibility index (Phi) is 5.07. The number of carbonyl (C=O) groups is 1. The zero-order valence-corrected chi connectivity index (χ0v) is 12.6. The van der Waals surface area contributed by atoms with Crippen molar-refractivity contribution >= 4 is 23.2 Å². The number of hydrogen-bond acceptors (Lipinski definition) is 8. The molecule has 0 bridgehead atoms. The van der Waals surface area contributed by atoms with Crippen LogP contribution in [0.1, 0.15) is 30.8 Å². The van der Waals surface area contributed by atoms with Crippen molar-refractivity contribution in [2.45, 2.75) is 26.3 Å². The van der Waals surface area contributed by atoms with Crippen LogP contribution in [0.25, 0.3) is 0 Å². The van der Waals surface area contributed by atoms with Crippen molar-refractivity contribution in [1.29, 1.82) is 0 Å². The third kappa shape index (κ3) is 3.93. The minimum absolute atomic E-state index is 0.00541. The van der Waals surface area contributed by atoms with E-state index in [0.29, 0.717) is 0 Å². The second-order valence-corrected chi connectivity index (χ2v) is 4.69. The highest BCUT2D eigenvalue weighted by molar-refractivity contribution is 5.92. The van der Waals surface area contributed by atoms with Crippen molar-refractivity contribution in [3.8, 4) is 0 Å². The van der Waals surface area contributed by atoms with Gasteiger partial charge >= 0.3 is 11.6 Å². The monoisotopic (exact) mass is 320 g/mol. The fraction of sp³-hybridized carbons (Fsp3) is 0.308. The maximum absolute atomic E-state index is 11.8. The molecule has 0 aliphatic rings. The van der Waals surface area contributed by atoms with E-state index >= 15 is 0 Å². The van der Waals surface area contributed by atoms with E-state index in [2.05, 4.69) is 26.1 Å². The van der Waals surface area contributed by atoms with Crippen LogP contribution >= 0.6 is 0 Å². The largest absolute Gasteiger partial charge is 0.459 e. The summed E-state index contributed by atoms with van der Waals surface area (Å²) in [7, 11) is 0. The Morgan fingerprint density at radius 2 is 2.17 bits per heavy atom. The zero-order valence-electron chi connectivity index (χ0n) is 12.6. The molecule has 23 heavy (non-hydrogen) atoms. The number of furan rings is 1. The summed E-state index contributed by atoms with van der Waals surface area (Å²) >= 11 is 0. The number of hydrazine groups is 1. The van der Waals surface area contributed by atoms with Crippen LogP contribution in [0.2, 0.25) is 0 Å². The van der Waals surface area contributed by atoms with E-state index in [-0.39, 0.29) is 29.1 Å². The highest BCUT2D eigenvalue weighted by atomic mass is 16.6. The van der Waals surface area contributed by atoms with Crippen LogP contribution in [0.4, 0.5) is 17.3 Å². The van der Waals surface area contributed by atoms with Crippen molar-refractivity contribution < 1.29 is 14.1 Å². The van der Waals surface area contributed by atoms with Crippen LogP contribution in [0, 0.1) is 10.1 Å². The Morgan fingerprint density at radius 3 is 2.78 bits per heavy atom. The number of amides is 1. The number of nitrogens with one attached hydrogen (secondary N) is 3. The van der Waals surface area contributed by atoms with Gasteiger partial charge < -0.3 is 9.73 Å². The summed E-state index contributed by atoms with van der Waals surface area (Å²) in [6.07, 6.45) is 3.27.